The molecule has 0 aromatic heterocycles. The van der Waals surface area contributed by atoms with E-state index in [2.05, 4.69) is 40.3 Å². The Hall–Kier alpha value is -1.38. The van der Waals surface area contributed by atoms with Gasteiger partial charge in [-0.1, -0.05) is 44.6 Å². The molecule has 3 aliphatic carbocycles. The van der Waals surface area contributed by atoms with E-state index >= 15 is 0 Å². The summed E-state index contributed by atoms with van der Waals surface area (Å²) in [5.41, 5.74) is 2.20. The summed E-state index contributed by atoms with van der Waals surface area (Å²) in [6, 6.07) is 0. The number of fused-ring (bicyclic) bond motifs is 3. The third kappa shape index (κ3) is 2.45. The minimum Gasteiger partial charge on any atom is -0.481 e. The minimum atomic E-state index is -0.729. The normalized spacial score (nSPS) is 43.2. The molecule has 3 heteroatoms. The second-order valence-corrected chi connectivity index (χ2v) is 9.38. The van der Waals surface area contributed by atoms with E-state index < -0.39 is 5.97 Å². The molecule has 3 rings (SSSR count). The number of carboxylic acids is 1. The van der Waals surface area contributed by atoms with Crippen LogP contribution in [0.1, 0.15) is 72.6 Å². The third-order valence-electron chi connectivity index (χ3n) is 8.25. The fourth-order valence-corrected chi connectivity index (χ4v) is 6.38. The van der Waals surface area contributed by atoms with Gasteiger partial charge in [0.15, 0.2) is 0 Å². The summed E-state index contributed by atoms with van der Waals surface area (Å²) in [6.45, 7) is 13.0. The van der Waals surface area contributed by atoms with Crippen molar-refractivity contribution in [3.8, 4) is 0 Å². The van der Waals surface area contributed by atoms with Crippen molar-refractivity contribution in [1.29, 1.82) is 0 Å². The van der Waals surface area contributed by atoms with Crippen molar-refractivity contribution < 1.29 is 14.7 Å². The number of ketones is 1. The molecular weight excluding hydrogens is 312 g/mol. The summed E-state index contributed by atoms with van der Waals surface area (Å²) in [5, 5.41) is 9.27. The molecule has 3 nitrogen and oxygen atoms in total. The molecule has 25 heavy (non-hydrogen) atoms. The van der Waals surface area contributed by atoms with Gasteiger partial charge in [-0.2, -0.15) is 0 Å². The Morgan fingerprint density at radius 2 is 2.00 bits per heavy atom. The largest absolute Gasteiger partial charge is 0.481 e. The van der Waals surface area contributed by atoms with E-state index in [-0.39, 0.29) is 22.7 Å². The average molecular weight is 344 g/mol. The Labute approximate surface area is 151 Å². The molecule has 5 atom stereocenters. The van der Waals surface area contributed by atoms with Crippen LogP contribution in [0.2, 0.25) is 0 Å². The van der Waals surface area contributed by atoms with E-state index in [1.165, 1.54) is 5.57 Å². The van der Waals surface area contributed by atoms with Gasteiger partial charge in [0, 0.05) is 18.3 Å². The molecule has 0 heterocycles. The maximum atomic E-state index is 12.6. The van der Waals surface area contributed by atoms with Crippen LogP contribution in [0.15, 0.2) is 23.8 Å². The van der Waals surface area contributed by atoms with Crippen molar-refractivity contribution in [2.75, 3.05) is 0 Å². The highest BCUT2D eigenvalue weighted by Gasteiger charge is 2.62. The Morgan fingerprint density at radius 1 is 1.32 bits per heavy atom. The lowest BCUT2D eigenvalue weighted by atomic mass is 9.46. The van der Waals surface area contributed by atoms with Crippen molar-refractivity contribution in [3.05, 3.63) is 23.8 Å². The van der Waals surface area contributed by atoms with Crippen LogP contribution in [0.4, 0.5) is 0 Å². The van der Waals surface area contributed by atoms with E-state index in [9.17, 15) is 14.7 Å². The van der Waals surface area contributed by atoms with Gasteiger partial charge in [-0.15, -0.1) is 0 Å². The van der Waals surface area contributed by atoms with Crippen LogP contribution in [-0.2, 0) is 9.59 Å². The van der Waals surface area contributed by atoms with Gasteiger partial charge in [-0.25, -0.2) is 0 Å². The Balaban J connectivity index is 2.05. The lowest BCUT2D eigenvalue weighted by Gasteiger charge is -2.58. The number of aliphatic carboxylic acids is 1. The zero-order valence-electron chi connectivity index (χ0n) is 16.2. The SMILES string of the molecule is C=C(C)[C@@H]1CC[C@@H]2C(=CC[C@]3(C)C(=O)CC[C@@]23C)[C@@]1(C)CCC(=O)O. The summed E-state index contributed by atoms with van der Waals surface area (Å²) in [4.78, 5) is 23.9. The van der Waals surface area contributed by atoms with Crippen molar-refractivity contribution in [2.45, 2.75) is 72.6 Å². The first kappa shape index (κ1) is 18.4. The molecule has 1 N–H and O–H groups in total. The molecule has 0 aromatic carbocycles. The molecule has 0 saturated heterocycles. The Bertz CT molecular complexity index is 660. The van der Waals surface area contributed by atoms with Gasteiger partial charge in [0.05, 0.1) is 0 Å². The minimum absolute atomic E-state index is 0.0126. The molecule has 0 bridgehead atoms. The number of Topliss-reactive ketones (excluding diaryl/α,β-unsaturated/α-hetero) is 1. The maximum Gasteiger partial charge on any atom is 0.303 e. The molecule has 0 radical (unpaired) electrons. The summed E-state index contributed by atoms with van der Waals surface area (Å²) in [6.07, 6.45) is 7.77. The highest BCUT2D eigenvalue weighted by Crippen LogP contribution is 2.67. The molecule has 0 aliphatic heterocycles. The fourth-order valence-electron chi connectivity index (χ4n) is 6.38. The van der Waals surface area contributed by atoms with Crippen LogP contribution >= 0.6 is 0 Å². The van der Waals surface area contributed by atoms with Crippen LogP contribution < -0.4 is 0 Å². The quantitative estimate of drug-likeness (QED) is 0.716. The maximum absolute atomic E-state index is 12.6. The van der Waals surface area contributed by atoms with E-state index in [0.717, 1.165) is 31.3 Å². The zero-order chi connectivity index (χ0) is 18.6. The summed E-state index contributed by atoms with van der Waals surface area (Å²) >= 11 is 0. The zero-order valence-corrected chi connectivity index (χ0v) is 16.2. The monoisotopic (exact) mass is 344 g/mol. The van der Waals surface area contributed by atoms with E-state index in [1.54, 1.807) is 0 Å². The van der Waals surface area contributed by atoms with Gasteiger partial charge in [0.2, 0.25) is 0 Å². The number of rotatable bonds is 4. The van der Waals surface area contributed by atoms with Crippen LogP contribution in [0.5, 0.6) is 0 Å². The Morgan fingerprint density at radius 3 is 2.60 bits per heavy atom. The molecule has 0 amide bonds. The van der Waals surface area contributed by atoms with Gasteiger partial charge in [-0.05, 0) is 61.7 Å². The fraction of sp³-hybridized carbons (Fsp3) is 0.727. The summed E-state index contributed by atoms with van der Waals surface area (Å²) in [7, 11) is 0. The number of carbonyl (C=O) groups excluding carboxylic acids is 1. The van der Waals surface area contributed by atoms with E-state index in [4.69, 9.17) is 0 Å². The standard InChI is InChI=1S/C22H32O3/c1-14(2)15-6-7-17-16(20(15,3)11-10-19(24)25)8-12-22(5)18(23)9-13-21(17,22)4/h8,15,17H,1,6-7,9-13H2,2-5H3,(H,24,25)/t15-,17+,20-,21-,22+/m0/s1. The second-order valence-electron chi connectivity index (χ2n) is 9.38. The number of hydrogen-bond donors (Lipinski definition) is 1. The molecule has 0 aromatic rings. The first-order chi connectivity index (χ1) is 11.6. The van der Waals surface area contributed by atoms with Gasteiger partial charge in [0.25, 0.3) is 0 Å². The van der Waals surface area contributed by atoms with Crippen LogP contribution in [-0.4, -0.2) is 16.9 Å². The van der Waals surface area contributed by atoms with Crippen molar-refractivity contribution in [1.82, 2.24) is 0 Å². The van der Waals surface area contributed by atoms with E-state index in [0.29, 0.717) is 30.5 Å². The highest BCUT2D eigenvalue weighted by molar-refractivity contribution is 5.88. The van der Waals surface area contributed by atoms with Gasteiger partial charge >= 0.3 is 5.97 Å². The lowest BCUT2D eigenvalue weighted by molar-refractivity contribution is -0.137. The number of carboxylic acid groups (broad SMARTS) is 1. The van der Waals surface area contributed by atoms with Gasteiger partial charge < -0.3 is 5.11 Å². The predicted octanol–water partition coefficient (Wildman–Crippen LogP) is 5.17. The number of allylic oxidation sites excluding steroid dienone is 3. The molecular formula is C22H32O3. The number of hydrogen-bond acceptors (Lipinski definition) is 2. The van der Waals surface area contributed by atoms with Gasteiger partial charge in [-0.3, -0.25) is 9.59 Å². The third-order valence-corrected chi connectivity index (χ3v) is 8.25. The first-order valence-corrected chi connectivity index (χ1v) is 9.67. The van der Waals surface area contributed by atoms with Crippen LogP contribution in [0.25, 0.3) is 0 Å². The van der Waals surface area contributed by atoms with Crippen molar-refractivity contribution in [3.63, 3.8) is 0 Å². The highest BCUT2D eigenvalue weighted by atomic mass is 16.4. The molecule has 2 saturated carbocycles. The first-order valence-electron chi connectivity index (χ1n) is 9.67. The van der Waals surface area contributed by atoms with Gasteiger partial charge in [0.1, 0.15) is 5.78 Å². The van der Waals surface area contributed by atoms with Crippen LogP contribution in [0.3, 0.4) is 0 Å². The van der Waals surface area contributed by atoms with Crippen molar-refractivity contribution in [2.24, 2.45) is 28.1 Å². The topological polar surface area (TPSA) is 54.4 Å². The molecule has 3 aliphatic rings. The molecule has 0 unspecified atom stereocenters. The number of carbonyl (C=O) groups is 2. The second kappa shape index (κ2) is 5.82. The Kier molecular flexibility index (Phi) is 4.29. The lowest BCUT2D eigenvalue weighted by Crippen LogP contribution is -2.51. The molecule has 138 valence electrons. The molecule has 2 fully saturated rings. The summed E-state index contributed by atoms with van der Waals surface area (Å²) < 4.78 is 0. The summed E-state index contributed by atoms with van der Waals surface area (Å²) in [5.74, 6) is 0.415. The average Bonchev–Trinajstić information content (AvgIpc) is 2.77. The smallest absolute Gasteiger partial charge is 0.303 e. The molecule has 0 spiro atoms. The van der Waals surface area contributed by atoms with E-state index in [1.807, 2.05) is 0 Å². The van der Waals surface area contributed by atoms with Crippen molar-refractivity contribution >= 4 is 11.8 Å². The predicted molar refractivity (Wildman–Crippen MR) is 99.2 cm³/mol. The van der Waals surface area contributed by atoms with Crippen LogP contribution in [0, 0.1) is 28.1 Å².